The maximum Gasteiger partial charge on any atom is 0.306 e. The normalized spacial score (nSPS) is 14.1. The van der Waals surface area contributed by atoms with E-state index in [4.69, 9.17) is 9.47 Å². The van der Waals surface area contributed by atoms with Crippen LogP contribution in [-0.2, 0) is 19.1 Å². The van der Waals surface area contributed by atoms with Crippen LogP contribution in [0.5, 0.6) is 0 Å². The molecule has 0 saturated heterocycles. The molecule has 0 saturated carbocycles. The first kappa shape index (κ1) is 46.6. The molecule has 2 rings (SSSR count). The predicted octanol–water partition coefficient (Wildman–Crippen LogP) is 8.67. The van der Waals surface area contributed by atoms with E-state index in [9.17, 15) is 19.8 Å². The lowest BCUT2D eigenvalue weighted by Gasteiger charge is -2.33. The van der Waals surface area contributed by atoms with Crippen molar-refractivity contribution in [3.63, 3.8) is 0 Å². The smallest absolute Gasteiger partial charge is 0.306 e. The topological polar surface area (TPSA) is 96.3 Å². The number of carbonyl (C=O) groups excluding carboxylic acids is 2. The van der Waals surface area contributed by atoms with E-state index < -0.39 is 21.0 Å². The Morgan fingerprint density at radius 3 is 1.85 bits per heavy atom. The largest absolute Gasteiger partial charge is 0.463 e. The minimum atomic E-state index is -1.68. The van der Waals surface area contributed by atoms with Crippen LogP contribution in [0.4, 0.5) is 0 Å². The van der Waals surface area contributed by atoms with Gasteiger partial charge in [0.1, 0.15) is 27.6 Å². The Morgan fingerprint density at radius 2 is 1.23 bits per heavy atom. The van der Waals surface area contributed by atoms with Crippen molar-refractivity contribution in [1.82, 2.24) is 4.90 Å². The van der Waals surface area contributed by atoms with E-state index in [-0.39, 0.29) is 36.2 Å². The third-order valence-electron chi connectivity index (χ3n) is 10.2. The first-order chi connectivity index (χ1) is 25.5. The molecule has 0 aromatic heterocycles. The minimum absolute atomic E-state index is 0.0462. The molecule has 0 aliphatic carbocycles. The highest BCUT2D eigenvalue weighted by Gasteiger charge is 2.32. The number of aliphatic hydroxyl groups excluding tert-OH is 2. The highest BCUT2D eigenvalue weighted by molar-refractivity contribution is 6.87. The number of nitrogens with zero attached hydrogens (tertiary/aromatic N) is 1. The molecule has 53 heavy (non-hydrogen) atoms. The van der Waals surface area contributed by atoms with E-state index in [1.165, 1.54) is 61.7 Å². The second-order valence-corrected chi connectivity index (χ2v) is 20.2. The molecule has 4 unspecified atom stereocenters. The van der Waals surface area contributed by atoms with Crippen molar-refractivity contribution in [2.24, 2.45) is 0 Å². The SMILES string of the molecule is CCCCCCCCC(CCCCCC)OC(=O)CCCCCCC(=O)OCC(O)CN(C)CC(O)c1ccccc1[SiH](c1ccccc1)C(C)(C)C. The molecule has 7 nitrogen and oxygen atoms in total. The predicted molar refractivity (Wildman–Crippen MR) is 223 cm³/mol. The second kappa shape index (κ2) is 27.1. The summed E-state index contributed by atoms with van der Waals surface area (Å²) in [6.07, 6.45) is 16.6. The summed E-state index contributed by atoms with van der Waals surface area (Å²) in [5.41, 5.74) is 0.943. The van der Waals surface area contributed by atoms with Gasteiger partial charge in [-0.05, 0) is 56.2 Å². The number of ether oxygens (including phenoxy) is 2. The van der Waals surface area contributed by atoms with Crippen molar-refractivity contribution in [1.29, 1.82) is 0 Å². The summed E-state index contributed by atoms with van der Waals surface area (Å²) < 4.78 is 11.3. The number of rotatable bonds is 29. The first-order valence-corrected chi connectivity index (χ1v) is 22.7. The fourth-order valence-corrected chi connectivity index (χ4v) is 11.2. The van der Waals surface area contributed by atoms with Gasteiger partial charge in [-0.3, -0.25) is 9.59 Å². The highest BCUT2D eigenvalue weighted by atomic mass is 28.3. The number of esters is 2. The molecule has 4 atom stereocenters. The van der Waals surface area contributed by atoms with Crippen molar-refractivity contribution in [3.8, 4) is 0 Å². The second-order valence-electron chi connectivity index (χ2n) is 16.3. The average Bonchev–Trinajstić information content (AvgIpc) is 3.12. The minimum Gasteiger partial charge on any atom is -0.463 e. The standard InChI is InChI=1S/C45H75NO6Si/c1-7-9-11-13-14-19-27-38(26-18-12-10-8-2)52-44(50)33-23-16-15-22-32-43(49)51-36-37(47)34-46(6)35-41(48)40-30-24-25-31-42(40)53(45(3,4)5)39-28-20-17-21-29-39/h17,20-21,24-25,28-31,37-38,41,47-48,53H,7-16,18-19,22-23,26-27,32-36H2,1-6H3. The maximum atomic E-state index is 12.6. The van der Waals surface area contributed by atoms with E-state index in [0.29, 0.717) is 25.8 Å². The molecule has 0 fully saturated rings. The van der Waals surface area contributed by atoms with Crippen LogP contribution in [0.25, 0.3) is 0 Å². The van der Waals surface area contributed by atoms with Crippen LogP contribution in [0, 0.1) is 0 Å². The van der Waals surface area contributed by atoms with Gasteiger partial charge in [-0.15, -0.1) is 0 Å². The Morgan fingerprint density at radius 1 is 0.698 bits per heavy atom. The van der Waals surface area contributed by atoms with Crippen LogP contribution in [-0.4, -0.2) is 74.8 Å². The Balaban J connectivity index is 1.68. The lowest BCUT2D eigenvalue weighted by molar-refractivity contribution is -0.150. The summed E-state index contributed by atoms with van der Waals surface area (Å²) in [5.74, 6) is -0.408. The molecule has 2 aromatic rings. The van der Waals surface area contributed by atoms with Gasteiger partial charge in [0.15, 0.2) is 0 Å². The van der Waals surface area contributed by atoms with Gasteiger partial charge in [0.25, 0.3) is 0 Å². The number of unbranched alkanes of at least 4 members (excludes halogenated alkanes) is 11. The summed E-state index contributed by atoms with van der Waals surface area (Å²) in [7, 11) is 0.190. The van der Waals surface area contributed by atoms with E-state index >= 15 is 0 Å². The molecule has 0 amide bonds. The molecule has 0 aliphatic heterocycles. The lowest BCUT2D eigenvalue weighted by atomic mass is 10.0. The van der Waals surface area contributed by atoms with E-state index in [0.717, 1.165) is 50.5 Å². The lowest BCUT2D eigenvalue weighted by Crippen LogP contribution is -2.51. The van der Waals surface area contributed by atoms with Crippen molar-refractivity contribution >= 4 is 31.1 Å². The van der Waals surface area contributed by atoms with Crippen molar-refractivity contribution in [2.75, 3.05) is 26.7 Å². The van der Waals surface area contributed by atoms with Gasteiger partial charge in [-0.1, -0.05) is 164 Å². The van der Waals surface area contributed by atoms with Crippen molar-refractivity contribution in [3.05, 3.63) is 60.2 Å². The van der Waals surface area contributed by atoms with Gasteiger partial charge < -0.3 is 24.6 Å². The number of aliphatic hydroxyl groups is 2. The Kier molecular flexibility index (Phi) is 23.9. The Bertz CT molecular complexity index is 1250. The number of benzene rings is 2. The summed E-state index contributed by atoms with van der Waals surface area (Å²) in [6, 6.07) is 18.9. The zero-order chi connectivity index (χ0) is 38.9. The van der Waals surface area contributed by atoms with Gasteiger partial charge in [0.2, 0.25) is 0 Å². The summed E-state index contributed by atoms with van der Waals surface area (Å²) in [5, 5.41) is 24.7. The number of likely N-dealkylation sites (N-methyl/N-ethyl adjacent to an activating group) is 1. The van der Waals surface area contributed by atoms with E-state index in [1.807, 2.05) is 30.1 Å². The zero-order valence-corrected chi connectivity index (χ0v) is 35.5. The quantitative estimate of drug-likeness (QED) is 0.0488. The molecule has 0 radical (unpaired) electrons. The first-order valence-electron chi connectivity index (χ1n) is 21.0. The van der Waals surface area contributed by atoms with Crippen LogP contribution in [0.15, 0.2) is 54.6 Å². The fraction of sp³-hybridized carbons (Fsp3) is 0.689. The van der Waals surface area contributed by atoms with Gasteiger partial charge in [-0.25, -0.2) is 0 Å². The van der Waals surface area contributed by atoms with Crippen molar-refractivity contribution in [2.45, 2.75) is 174 Å². The number of hydrogen-bond acceptors (Lipinski definition) is 7. The molecular formula is C45H75NO6Si. The van der Waals surface area contributed by atoms with Gasteiger partial charge in [0, 0.05) is 25.9 Å². The Labute approximate surface area is 324 Å². The van der Waals surface area contributed by atoms with Gasteiger partial charge in [-0.2, -0.15) is 0 Å². The van der Waals surface area contributed by atoms with Crippen LogP contribution in [0.1, 0.15) is 162 Å². The maximum absolute atomic E-state index is 12.6. The molecule has 0 spiro atoms. The van der Waals surface area contributed by atoms with Crippen LogP contribution in [0.2, 0.25) is 5.04 Å². The molecule has 2 aromatic carbocycles. The summed E-state index contributed by atoms with van der Waals surface area (Å²) >= 11 is 0. The average molecular weight is 754 g/mol. The monoisotopic (exact) mass is 754 g/mol. The zero-order valence-electron chi connectivity index (χ0n) is 34.3. The third-order valence-corrected chi connectivity index (χ3v) is 14.1. The molecule has 0 aliphatic rings. The fourth-order valence-electron chi connectivity index (χ4n) is 7.36. The molecule has 0 bridgehead atoms. The number of hydrogen-bond donors (Lipinski definition) is 2. The van der Waals surface area contributed by atoms with E-state index in [1.54, 1.807) is 0 Å². The highest BCUT2D eigenvalue weighted by Crippen LogP contribution is 2.28. The summed E-state index contributed by atoms with van der Waals surface area (Å²) in [4.78, 5) is 26.9. The molecule has 300 valence electrons. The van der Waals surface area contributed by atoms with E-state index in [2.05, 4.69) is 71.0 Å². The summed E-state index contributed by atoms with van der Waals surface area (Å²) in [6.45, 7) is 11.9. The Hall–Kier alpha value is -2.52. The number of carbonyl (C=O) groups is 2. The molecular weight excluding hydrogens is 679 g/mol. The van der Waals surface area contributed by atoms with Crippen molar-refractivity contribution < 1.29 is 29.3 Å². The molecule has 8 heteroatoms. The van der Waals surface area contributed by atoms with Gasteiger partial charge >= 0.3 is 11.9 Å². The van der Waals surface area contributed by atoms with Crippen LogP contribution in [0.3, 0.4) is 0 Å². The molecule has 2 N–H and O–H groups in total. The van der Waals surface area contributed by atoms with Gasteiger partial charge in [0.05, 0.1) is 6.10 Å². The van der Waals surface area contributed by atoms with Crippen LogP contribution < -0.4 is 10.4 Å². The third kappa shape index (κ3) is 20.1. The molecule has 0 heterocycles. The van der Waals surface area contributed by atoms with Crippen LogP contribution >= 0.6 is 0 Å².